The zero-order valence-electron chi connectivity index (χ0n) is 22.1. The molecule has 0 spiro atoms. The summed E-state index contributed by atoms with van der Waals surface area (Å²) >= 11 is 1.57. The Morgan fingerprint density at radius 3 is 2.18 bits per heavy atom. The van der Waals surface area contributed by atoms with Gasteiger partial charge < -0.3 is 4.57 Å². The van der Waals surface area contributed by atoms with Gasteiger partial charge in [0.25, 0.3) is 0 Å². The highest BCUT2D eigenvalue weighted by Crippen LogP contribution is 2.28. The van der Waals surface area contributed by atoms with E-state index in [1.54, 1.807) is 11.8 Å². The molecular formula is C29H33FN4O2S2. The van der Waals surface area contributed by atoms with Crippen molar-refractivity contribution in [2.75, 3.05) is 0 Å². The van der Waals surface area contributed by atoms with E-state index in [0.717, 1.165) is 22.9 Å². The van der Waals surface area contributed by atoms with Crippen molar-refractivity contribution < 1.29 is 12.8 Å². The molecule has 1 atom stereocenters. The molecule has 0 saturated carbocycles. The van der Waals surface area contributed by atoms with Crippen LogP contribution in [0.5, 0.6) is 0 Å². The summed E-state index contributed by atoms with van der Waals surface area (Å²) in [5, 5.41) is 9.59. The third kappa shape index (κ3) is 6.89. The summed E-state index contributed by atoms with van der Waals surface area (Å²) in [5.74, 6) is 0.755. The minimum absolute atomic E-state index is 0.00664. The van der Waals surface area contributed by atoms with Gasteiger partial charge in [0.1, 0.15) is 5.82 Å². The van der Waals surface area contributed by atoms with Crippen molar-refractivity contribution in [1.29, 1.82) is 0 Å². The third-order valence-corrected chi connectivity index (χ3v) is 8.79. The van der Waals surface area contributed by atoms with Crippen LogP contribution in [0.4, 0.5) is 4.39 Å². The summed E-state index contributed by atoms with van der Waals surface area (Å²) in [5.41, 5.74) is 3.51. The molecule has 0 amide bonds. The highest BCUT2D eigenvalue weighted by atomic mass is 32.2. The van der Waals surface area contributed by atoms with Crippen LogP contribution in [0, 0.1) is 5.82 Å². The fourth-order valence-electron chi connectivity index (χ4n) is 4.12. The molecule has 1 aromatic heterocycles. The maximum Gasteiger partial charge on any atom is 0.241 e. The molecule has 4 rings (SSSR count). The third-order valence-electron chi connectivity index (χ3n) is 6.27. The zero-order chi connectivity index (χ0) is 27.3. The topological polar surface area (TPSA) is 76.9 Å². The van der Waals surface area contributed by atoms with Gasteiger partial charge in [-0.05, 0) is 59.7 Å². The smallest absolute Gasteiger partial charge is 0.241 e. The summed E-state index contributed by atoms with van der Waals surface area (Å²) in [7, 11) is -3.94. The molecule has 4 aromatic rings. The average Bonchev–Trinajstić information content (AvgIpc) is 3.30. The summed E-state index contributed by atoms with van der Waals surface area (Å²) in [6.07, 6.45) is 0.387. The zero-order valence-corrected chi connectivity index (χ0v) is 23.7. The molecule has 38 heavy (non-hydrogen) atoms. The normalized spacial score (nSPS) is 13.0. The van der Waals surface area contributed by atoms with Crippen LogP contribution in [-0.4, -0.2) is 23.2 Å². The Bertz CT molecular complexity index is 1450. The first-order chi connectivity index (χ1) is 18.1. The number of rotatable bonds is 10. The maximum atomic E-state index is 13.4. The molecule has 6 nitrogen and oxygen atoms in total. The number of thioether (sulfide) groups is 1. The van der Waals surface area contributed by atoms with Crippen LogP contribution < -0.4 is 4.72 Å². The molecule has 0 saturated heterocycles. The maximum absolute atomic E-state index is 13.4. The van der Waals surface area contributed by atoms with Crippen molar-refractivity contribution >= 4 is 21.8 Å². The van der Waals surface area contributed by atoms with Gasteiger partial charge in [-0.25, -0.2) is 17.5 Å². The second-order valence-electron chi connectivity index (χ2n) is 10.1. The van der Waals surface area contributed by atoms with Crippen LogP contribution in [-0.2, 0) is 34.2 Å². The molecule has 1 N–H and O–H groups in total. The van der Waals surface area contributed by atoms with Crippen molar-refractivity contribution in [1.82, 2.24) is 19.5 Å². The first-order valence-electron chi connectivity index (χ1n) is 12.5. The summed E-state index contributed by atoms with van der Waals surface area (Å²) in [6.45, 7) is 9.15. The monoisotopic (exact) mass is 552 g/mol. The molecule has 3 aromatic carbocycles. The molecular weight excluding hydrogens is 519 g/mol. The summed E-state index contributed by atoms with van der Waals surface area (Å²) in [4.78, 5) is -0.00664. The Balaban J connectivity index is 1.60. The van der Waals surface area contributed by atoms with E-state index >= 15 is 0 Å². The van der Waals surface area contributed by atoms with Crippen LogP contribution in [0.2, 0.25) is 0 Å². The lowest BCUT2D eigenvalue weighted by Crippen LogP contribution is -2.32. The number of hydrogen-bond donors (Lipinski definition) is 1. The van der Waals surface area contributed by atoms with Crippen molar-refractivity contribution in [2.24, 2.45) is 0 Å². The van der Waals surface area contributed by atoms with E-state index in [9.17, 15) is 12.8 Å². The largest absolute Gasteiger partial charge is 0.305 e. The minimum Gasteiger partial charge on any atom is -0.305 e. The number of benzene rings is 3. The van der Waals surface area contributed by atoms with Gasteiger partial charge in [0.05, 0.1) is 10.9 Å². The Kier molecular flexibility index (Phi) is 8.70. The molecule has 0 aliphatic rings. The Morgan fingerprint density at radius 2 is 1.58 bits per heavy atom. The van der Waals surface area contributed by atoms with Gasteiger partial charge in [-0.1, -0.05) is 87.1 Å². The summed E-state index contributed by atoms with van der Waals surface area (Å²) < 4.78 is 44.6. The van der Waals surface area contributed by atoms with E-state index in [-0.39, 0.29) is 10.3 Å². The molecule has 0 aliphatic carbocycles. The lowest BCUT2D eigenvalue weighted by atomic mass is 9.87. The fraction of sp³-hybridized carbons (Fsp3) is 0.310. The van der Waals surface area contributed by atoms with Crippen molar-refractivity contribution in [3.05, 3.63) is 107 Å². The molecule has 0 aliphatic heterocycles. The van der Waals surface area contributed by atoms with Crippen LogP contribution in [0.1, 0.15) is 56.3 Å². The predicted octanol–water partition coefficient (Wildman–Crippen LogP) is 6.29. The van der Waals surface area contributed by atoms with Gasteiger partial charge >= 0.3 is 0 Å². The number of hydrogen-bond acceptors (Lipinski definition) is 5. The fourth-order valence-corrected chi connectivity index (χ4v) is 6.27. The SMILES string of the molecule is CCn1c(SCc2ccc(C(C)(C)C)cc2)nnc1[C@H](Cc1ccccc1)NS(=O)(=O)c1ccc(F)cc1. The number of halogens is 1. The van der Waals surface area contributed by atoms with Gasteiger partial charge in [0.15, 0.2) is 11.0 Å². The second kappa shape index (κ2) is 11.8. The predicted molar refractivity (Wildman–Crippen MR) is 150 cm³/mol. The Labute approximate surface area is 228 Å². The number of aromatic nitrogens is 3. The van der Waals surface area contributed by atoms with E-state index < -0.39 is 21.9 Å². The highest BCUT2D eigenvalue weighted by molar-refractivity contribution is 7.98. The Morgan fingerprint density at radius 1 is 0.921 bits per heavy atom. The number of nitrogens with zero attached hydrogens (tertiary/aromatic N) is 3. The lowest BCUT2D eigenvalue weighted by Gasteiger charge is -2.20. The quantitative estimate of drug-likeness (QED) is 0.234. The van der Waals surface area contributed by atoms with Crippen molar-refractivity contribution in [2.45, 2.75) is 67.9 Å². The van der Waals surface area contributed by atoms with E-state index in [2.05, 4.69) is 60.0 Å². The molecule has 200 valence electrons. The first-order valence-corrected chi connectivity index (χ1v) is 15.0. The molecule has 0 fully saturated rings. The average molecular weight is 553 g/mol. The molecule has 0 radical (unpaired) electrons. The molecule has 1 heterocycles. The van der Waals surface area contributed by atoms with Crippen molar-refractivity contribution in [3.63, 3.8) is 0 Å². The van der Waals surface area contributed by atoms with E-state index in [0.29, 0.717) is 24.5 Å². The summed E-state index contributed by atoms with van der Waals surface area (Å²) in [6, 6.07) is 22.3. The standard InChI is InChI=1S/C29H33FN4O2S2/c1-5-34-27(31-32-28(34)37-20-22-11-13-23(14-12-22)29(2,3)4)26(19-21-9-7-6-8-10-21)33-38(35,36)25-17-15-24(30)16-18-25/h6-18,26,33H,5,19-20H2,1-4H3/t26-/m0/s1. The van der Waals surface area contributed by atoms with Crippen molar-refractivity contribution in [3.8, 4) is 0 Å². The first kappa shape index (κ1) is 28.0. The van der Waals surface area contributed by atoms with Gasteiger partial charge in [-0.3, -0.25) is 0 Å². The van der Waals surface area contributed by atoms with Crippen LogP contribution >= 0.6 is 11.8 Å². The molecule has 0 unspecified atom stereocenters. The lowest BCUT2D eigenvalue weighted by molar-refractivity contribution is 0.517. The second-order valence-corrected chi connectivity index (χ2v) is 12.8. The molecule has 9 heteroatoms. The van der Waals surface area contributed by atoms with Gasteiger partial charge in [0.2, 0.25) is 10.0 Å². The van der Waals surface area contributed by atoms with E-state index in [1.165, 1.54) is 23.3 Å². The van der Waals surface area contributed by atoms with Crippen LogP contribution in [0.25, 0.3) is 0 Å². The van der Waals surface area contributed by atoms with E-state index in [4.69, 9.17) is 0 Å². The van der Waals surface area contributed by atoms with Crippen LogP contribution in [0.3, 0.4) is 0 Å². The van der Waals surface area contributed by atoms with Gasteiger partial charge in [-0.15, -0.1) is 10.2 Å². The van der Waals surface area contributed by atoms with Gasteiger partial charge in [0, 0.05) is 12.3 Å². The minimum atomic E-state index is -3.94. The Hall–Kier alpha value is -3.01. The van der Waals surface area contributed by atoms with Crippen LogP contribution in [0.15, 0.2) is 88.9 Å². The number of nitrogens with one attached hydrogen (secondary N) is 1. The van der Waals surface area contributed by atoms with E-state index in [1.807, 2.05) is 41.8 Å². The highest BCUT2D eigenvalue weighted by Gasteiger charge is 2.27. The van der Waals surface area contributed by atoms with Gasteiger partial charge in [-0.2, -0.15) is 0 Å². The number of sulfonamides is 1. The molecule has 0 bridgehead atoms.